The van der Waals surface area contributed by atoms with Gasteiger partial charge in [0.15, 0.2) is 0 Å². The lowest BCUT2D eigenvalue weighted by Gasteiger charge is -1.98. The van der Waals surface area contributed by atoms with Gasteiger partial charge in [-0.3, -0.25) is 4.79 Å². The van der Waals surface area contributed by atoms with Crippen LogP contribution >= 0.6 is 15.9 Å². The van der Waals surface area contributed by atoms with E-state index in [1.807, 2.05) is 12.2 Å². The molecule has 0 aromatic carbocycles. The molecule has 64 valence electrons. The second-order valence-electron chi connectivity index (χ2n) is 1.99. The predicted octanol–water partition coefficient (Wildman–Crippen LogP) is 2.28. The number of alkyl halides is 1. The SMILES string of the molecule is CCC(=O)OCC/C=C/CBr. The summed E-state index contributed by atoms with van der Waals surface area (Å²) in [6.45, 7) is 2.28. The van der Waals surface area contributed by atoms with E-state index in [9.17, 15) is 4.79 Å². The molecule has 0 fully saturated rings. The van der Waals surface area contributed by atoms with Crippen LogP contribution in [0.1, 0.15) is 19.8 Å². The van der Waals surface area contributed by atoms with Crippen molar-refractivity contribution in [3.8, 4) is 0 Å². The molecule has 0 saturated carbocycles. The Morgan fingerprint density at radius 3 is 2.82 bits per heavy atom. The summed E-state index contributed by atoms with van der Waals surface area (Å²) in [5, 5.41) is 0.856. The highest BCUT2D eigenvalue weighted by Gasteiger charge is 1.94. The van der Waals surface area contributed by atoms with Gasteiger partial charge in [0.25, 0.3) is 0 Å². The first kappa shape index (κ1) is 10.7. The van der Waals surface area contributed by atoms with Crippen molar-refractivity contribution in [2.75, 3.05) is 11.9 Å². The van der Waals surface area contributed by atoms with Crippen molar-refractivity contribution in [3.05, 3.63) is 12.2 Å². The fourth-order valence-electron chi connectivity index (χ4n) is 0.524. The van der Waals surface area contributed by atoms with E-state index in [2.05, 4.69) is 15.9 Å². The third-order valence-electron chi connectivity index (χ3n) is 1.09. The van der Waals surface area contributed by atoms with Gasteiger partial charge < -0.3 is 4.74 Å². The molecule has 0 heterocycles. The summed E-state index contributed by atoms with van der Waals surface area (Å²) in [6, 6.07) is 0. The van der Waals surface area contributed by atoms with E-state index in [0.29, 0.717) is 13.0 Å². The molecule has 0 bridgehead atoms. The van der Waals surface area contributed by atoms with Crippen LogP contribution in [-0.4, -0.2) is 17.9 Å². The summed E-state index contributed by atoms with van der Waals surface area (Å²) in [7, 11) is 0. The van der Waals surface area contributed by atoms with Crippen LogP contribution in [0.15, 0.2) is 12.2 Å². The highest BCUT2D eigenvalue weighted by molar-refractivity contribution is 9.09. The van der Waals surface area contributed by atoms with Gasteiger partial charge >= 0.3 is 5.97 Å². The maximum Gasteiger partial charge on any atom is 0.305 e. The summed E-state index contributed by atoms with van der Waals surface area (Å²) < 4.78 is 4.83. The molecule has 0 aromatic heterocycles. The zero-order chi connectivity index (χ0) is 8.53. The van der Waals surface area contributed by atoms with Crippen molar-refractivity contribution in [1.29, 1.82) is 0 Å². The van der Waals surface area contributed by atoms with Gasteiger partial charge in [-0.05, 0) is 6.42 Å². The highest BCUT2D eigenvalue weighted by Crippen LogP contribution is 1.90. The van der Waals surface area contributed by atoms with Crippen LogP contribution in [0.2, 0.25) is 0 Å². The van der Waals surface area contributed by atoms with Crippen LogP contribution in [0.5, 0.6) is 0 Å². The van der Waals surface area contributed by atoms with E-state index in [1.54, 1.807) is 6.92 Å². The zero-order valence-corrected chi connectivity index (χ0v) is 8.26. The normalized spacial score (nSPS) is 10.4. The van der Waals surface area contributed by atoms with E-state index < -0.39 is 0 Å². The van der Waals surface area contributed by atoms with Crippen LogP contribution in [-0.2, 0) is 9.53 Å². The van der Waals surface area contributed by atoms with Crippen LogP contribution in [0, 0.1) is 0 Å². The molecule has 0 spiro atoms. The monoisotopic (exact) mass is 220 g/mol. The van der Waals surface area contributed by atoms with Gasteiger partial charge in [-0.15, -0.1) is 0 Å². The number of carbonyl (C=O) groups excluding carboxylic acids is 1. The quantitative estimate of drug-likeness (QED) is 0.308. The standard InChI is InChI=1S/C8H13BrO2/c1-2-8(10)11-7-5-3-4-6-9/h3-4H,2,5-7H2,1H3/b4-3+. The Morgan fingerprint density at radius 2 is 2.27 bits per heavy atom. The number of hydrogen-bond acceptors (Lipinski definition) is 2. The Bertz CT molecular complexity index is 132. The Morgan fingerprint density at radius 1 is 1.55 bits per heavy atom. The van der Waals surface area contributed by atoms with E-state index in [4.69, 9.17) is 4.74 Å². The fourth-order valence-corrected chi connectivity index (χ4v) is 0.788. The summed E-state index contributed by atoms with van der Waals surface area (Å²) in [5.74, 6) is -0.128. The highest BCUT2D eigenvalue weighted by atomic mass is 79.9. The Balaban J connectivity index is 3.14. The average molecular weight is 221 g/mol. The van der Waals surface area contributed by atoms with Gasteiger partial charge in [-0.2, -0.15) is 0 Å². The molecule has 0 aliphatic carbocycles. The lowest BCUT2D eigenvalue weighted by Crippen LogP contribution is -2.02. The largest absolute Gasteiger partial charge is 0.465 e. The minimum atomic E-state index is -0.128. The van der Waals surface area contributed by atoms with Crippen molar-refractivity contribution in [1.82, 2.24) is 0 Å². The van der Waals surface area contributed by atoms with Crippen LogP contribution in [0.3, 0.4) is 0 Å². The van der Waals surface area contributed by atoms with Crippen LogP contribution in [0.25, 0.3) is 0 Å². The van der Waals surface area contributed by atoms with E-state index in [0.717, 1.165) is 11.8 Å². The fraction of sp³-hybridized carbons (Fsp3) is 0.625. The van der Waals surface area contributed by atoms with E-state index >= 15 is 0 Å². The molecule has 0 aromatic rings. The minimum absolute atomic E-state index is 0.128. The van der Waals surface area contributed by atoms with Crippen LogP contribution < -0.4 is 0 Å². The van der Waals surface area contributed by atoms with E-state index in [1.165, 1.54) is 0 Å². The maximum absolute atomic E-state index is 10.6. The lowest BCUT2D eigenvalue weighted by atomic mass is 10.4. The Hall–Kier alpha value is -0.310. The zero-order valence-electron chi connectivity index (χ0n) is 6.68. The number of halogens is 1. The van der Waals surface area contributed by atoms with Crippen LogP contribution in [0.4, 0.5) is 0 Å². The average Bonchev–Trinajstić information content (AvgIpc) is 2.04. The number of rotatable bonds is 5. The van der Waals surface area contributed by atoms with Gasteiger partial charge in [-0.25, -0.2) is 0 Å². The smallest absolute Gasteiger partial charge is 0.305 e. The molecular formula is C8H13BrO2. The first-order chi connectivity index (χ1) is 5.31. The van der Waals surface area contributed by atoms with Gasteiger partial charge in [0.05, 0.1) is 6.61 Å². The summed E-state index contributed by atoms with van der Waals surface area (Å²) in [5.41, 5.74) is 0. The molecule has 0 rings (SSSR count). The van der Waals surface area contributed by atoms with Crippen molar-refractivity contribution < 1.29 is 9.53 Å². The van der Waals surface area contributed by atoms with Gasteiger partial charge in [0.1, 0.15) is 0 Å². The number of ether oxygens (including phenoxy) is 1. The molecule has 0 aliphatic rings. The lowest BCUT2D eigenvalue weighted by molar-refractivity contribution is -0.143. The summed E-state index contributed by atoms with van der Waals surface area (Å²) >= 11 is 3.25. The molecule has 0 amide bonds. The van der Waals surface area contributed by atoms with Crippen molar-refractivity contribution >= 4 is 21.9 Å². The molecule has 0 aliphatic heterocycles. The molecule has 3 heteroatoms. The molecular weight excluding hydrogens is 208 g/mol. The summed E-state index contributed by atoms with van der Waals surface area (Å²) in [4.78, 5) is 10.6. The van der Waals surface area contributed by atoms with Crippen molar-refractivity contribution in [2.24, 2.45) is 0 Å². The second kappa shape index (κ2) is 7.79. The van der Waals surface area contributed by atoms with Gasteiger partial charge in [0.2, 0.25) is 0 Å². The molecule has 0 unspecified atom stereocenters. The molecule has 2 nitrogen and oxygen atoms in total. The number of carbonyl (C=O) groups is 1. The molecule has 0 N–H and O–H groups in total. The first-order valence-electron chi connectivity index (χ1n) is 3.67. The molecule has 0 atom stereocenters. The predicted molar refractivity (Wildman–Crippen MR) is 48.8 cm³/mol. The minimum Gasteiger partial charge on any atom is -0.465 e. The third-order valence-corrected chi connectivity index (χ3v) is 1.47. The topological polar surface area (TPSA) is 26.3 Å². The molecule has 0 radical (unpaired) electrons. The summed E-state index contributed by atoms with van der Waals surface area (Å²) in [6.07, 6.45) is 5.23. The maximum atomic E-state index is 10.6. The third kappa shape index (κ3) is 7.59. The van der Waals surface area contributed by atoms with E-state index in [-0.39, 0.29) is 5.97 Å². The number of allylic oxidation sites excluding steroid dienone is 1. The second-order valence-corrected chi connectivity index (χ2v) is 2.64. The van der Waals surface area contributed by atoms with Crippen molar-refractivity contribution in [2.45, 2.75) is 19.8 Å². The van der Waals surface area contributed by atoms with Crippen molar-refractivity contribution in [3.63, 3.8) is 0 Å². The van der Waals surface area contributed by atoms with Gasteiger partial charge in [-0.1, -0.05) is 35.0 Å². The Kier molecular flexibility index (Phi) is 7.57. The first-order valence-corrected chi connectivity index (χ1v) is 4.80. The number of esters is 1. The number of hydrogen-bond donors (Lipinski definition) is 0. The van der Waals surface area contributed by atoms with Gasteiger partial charge in [0, 0.05) is 11.8 Å². The molecule has 0 saturated heterocycles. The molecule has 11 heavy (non-hydrogen) atoms. The Labute approximate surface area is 75.7 Å².